The number of carbonyl (C=O) groups excluding carboxylic acids is 1. The molecule has 6 nitrogen and oxygen atoms in total. The summed E-state index contributed by atoms with van der Waals surface area (Å²) < 4.78 is 31.0. The molecule has 1 aliphatic heterocycles. The van der Waals surface area contributed by atoms with Gasteiger partial charge in [0.2, 0.25) is 10.0 Å². The van der Waals surface area contributed by atoms with Crippen LogP contribution in [0.15, 0.2) is 36.4 Å². The molecular formula is C18H18Cl2N2O4S. The Kier molecular flexibility index (Phi) is 5.83. The highest BCUT2D eigenvalue weighted by atomic mass is 35.5. The predicted octanol–water partition coefficient (Wildman–Crippen LogP) is 4.18. The van der Waals surface area contributed by atoms with Crippen LogP contribution in [0, 0.1) is 0 Å². The summed E-state index contributed by atoms with van der Waals surface area (Å²) >= 11 is 12.2. The highest BCUT2D eigenvalue weighted by molar-refractivity contribution is 7.93. The number of ether oxygens (including phenoxy) is 1. The van der Waals surface area contributed by atoms with Gasteiger partial charge in [0.05, 0.1) is 28.6 Å². The maximum Gasteiger partial charge on any atom is 0.257 e. The molecule has 0 aliphatic carbocycles. The smallest absolute Gasteiger partial charge is 0.257 e. The molecule has 1 fully saturated rings. The Hall–Kier alpha value is -1.96. The summed E-state index contributed by atoms with van der Waals surface area (Å²) in [4.78, 5) is 12.7. The number of benzene rings is 2. The molecule has 0 saturated carbocycles. The topological polar surface area (TPSA) is 75.7 Å². The van der Waals surface area contributed by atoms with Crippen molar-refractivity contribution in [1.82, 2.24) is 0 Å². The molecule has 1 amide bonds. The molecule has 9 heteroatoms. The summed E-state index contributed by atoms with van der Waals surface area (Å²) in [5.41, 5.74) is 1.04. The second-order valence-electron chi connectivity index (χ2n) is 5.97. The number of anilines is 2. The minimum absolute atomic E-state index is 0.0971. The first kappa shape index (κ1) is 19.8. The normalized spacial score (nSPS) is 15.6. The zero-order valence-electron chi connectivity index (χ0n) is 14.5. The number of sulfonamides is 1. The van der Waals surface area contributed by atoms with Crippen molar-refractivity contribution in [2.45, 2.75) is 13.3 Å². The largest absolute Gasteiger partial charge is 0.494 e. The van der Waals surface area contributed by atoms with E-state index in [-0.39, 0.29) is 16.3 Å². The van der Waals surface area contributed by atoms with Crippen LogP contribution >= 0.6 is 23.2 Å². The second kappa shape index (κ2) is 7.96. The van der Waals surface area contributed by atoms with Crippen molar-refractivity contribution < 1.29 is 17.9 Å². The molecule has 1 N–H and O–H groups in total. The van der Waals surface area contributed by atoms with E-state index in [1.165, 1.54) is 16.4 Å². The summed E-state index contributed by atoms with van der Waals surface area (Å²) in [6, 6.07) is 9.47. The van der Waals surface area contributed by atoms with E-state index in [9.17, 15) is 13.2 Å². The molecule has 144 valence electrons. The van der Waals surface area contributed by atoms with Crippen LogP contribution in [-0.4, -0.2) is 33.2 Å². The lowest BCUT2D eigenvalue weighted by Crippen LogP contribution is -2.25. The van der Waals surface area contributed by atoms with Crippen LogP contribution in [0.3, 0.4) is 0 Å². The van der Waals surface area contributed by atoms with E-state index in [2.05, 4.69) is 5.32 Å². The van der Waals surface area contributed by atoms with E-state index in [4.69, 9.17) is 27.9 Å². The number of hydrogen-bond acceptors (Lipinski definition) is 4. The van der Waals surface area contributed by atoms with Crippen LogP contribution in [-0.2, 0) is 10.0 Å². The van der Waals surface area contributed by atoms with Gasteiger partial charge in [-0.3, -0.25) is 9.10 Å². The number of carbonyl (C=O) groups is 1. The monoisotopic (exact) mass is 428 g/mol. The van der Waals surface area contributed by atoms with Gasteiger partial charge in [-0.1, -0.05) is 23.2 Å². The highest BCUT2D eigenvalue weighted by Gasteiger charge is 2.29. The van der Waals surface area contributed by atoms with Gasteiger partial charge in [-0.25, -0.2) is 8.42 Å². The van der Waals surface area contributed by atoms with Gasteiger partial charge >= 0.3 is 0 Å². The van der Waals surface area contributed by atoms with Crippen molar-refractivity contribution in [3.05, 3.63) is 52.0 Å². The Labute approximate surface area is 168 Å². The third-order valence-electron chi connectivity index (χ3n) is 4.02. The lowest BCUT2D eigenvalue weighted by Gasteiger charge is -2.18. The van der Waals surface area contributed by atoms with Gasteiger partial charge in [0.25, 0.3) is 5.91 Å². The summed E-state index contributed by atoms with van der Waals surface area (Å²) in [7, 11) is -3.35. The lowest BCUT2D eigenvalue weighted by molar-refractivity contribution is 0.102. The maximum absolute atomic E-state index is 12.7. The van der Waals surface area contributed by atoms with Crippen molar-refractivity contribution in [3.63, 3.8) is 0 Å². The average molecular weight is 429 g/mol. The van der Waals surface area contributed by atoms with Gasteiger partial charge in [-0.15, -0.1) is 0 Å². The van der Waals surface area contributed by atoms with E-state index in [0.29, 0.717) is 41.7 Å². The molecule has 2 aromatic carbocycles. The van der Waals surface area contributed by atoms with E-state index in [1.54, 1.807) is 24.3 Å². The molecule has 27 heavy (non-hydrogen) atoms. The number of nitrogens with zero attached hydrogens (tertiary/aromatic N) is 1. The van der Waals surface area contributed by atoms with Crippen molar-refractivity contribution in [3.8, 4) is 5.75 Å². The minimum atomic E-state index is -3.35. The van der Waals surface area contributed by atoms with Gasteiger partial charge in [0.1, 0.15) is 5.75 Å². The third kappa shape index (κ3) is 4.48. The Morgan fingerprint density at radius 1 is 1.22 bits per heavy atom. The molecule has 0 radical (unpaired) electrons. The second-order valence-corrected chi connectivity index (χ2v) is 8.83. The van der Waals surface area contributed by atoms with Crippen molar-refractivity contribution in [2.75, 3.05) is 28.5 Å². The van der Waals surface area contributed by atoms with E-state index in [0.717, 1.165) is 0 Å². The number of rotatable bonds is 5. The van der Waals surface area contributed by atoms with Crippen molar-refractivity contribution >= 4 is 50.5 Å². The number of amides is 1. The Balaban J connectivity index is 1.88. The minimum Gasteiger partial charge on any atom is -0.494 e. The summed E-state index contributed by atoms with van der Waals surface area (Å²) in [5, 5.41) is 3.36. The van der Waals surface area contributed by atoms with Crippen molar-refractivity contribution in [2.24, 2.45) is 0 Å². The van der Waals surface area contributed by atoms with Gasteiger partial charge in [-0.2, -0.15) is 0 Å². The van der Waals surface area contributed by atoms with Crippen LogP contribution < -0.4 is 14.4 Å². The van der Waals surface area contributed by atoms with Crippen LogP contribution in [0.4, 0.5) is 11.4 Å². The molecule has 0 spiro atoms. The fourth-order valence-corrected chi connectivity index (χ4v) is 4.84. The maximum atomic E-state index is 12.7. The zero-order chi connectivity index (χ0) is 19.6. The van der Waals surface area contributed by atoms with Gasteiger partial charge in [0, 0.05) is 23.3 Å². The standard InChI is InChI=1S/C18H18Cl2N2O4S/c1-2-26-15-9-12(19)8-13(10-15)21-18(23)16-11-14(4-5-17(16)20)22-6-3-7-27(22,24)25/h4-5,8-11H,2-3,6-7H2,1H3,(H,21,23). The van der Waals surface area contributed by atoms with E-state index in [1.807, 2.05) is 6.92 Å². The SMILES string of the molecule is CCOc1cc(Cl)cc(NC(=O)c2cc(N3CCCS3(=O)=O)ccc2Cl)c1. The van der Waals surface area contributed by atoms with Crippen LogP contribution in [0.25, 0.3) is 0 Å². The molecule has 3 rings (SSSR count). The lowest BCUT2D eigenvalue weighted by atomic mass is 10.1. The molecule has 0 aromatic heterocycles. The first-order valence-corrected chi connectivity index (χ1v) is 10.7. The number of halogens is 2. The molecule has 0 unspecified atom stereocenters. The van der Waals surface area contributed by atoms with Crippen LogP contribution in [0.1, 0.15) is 23.7 Å². The third-order valence-corrected chi connectivity index (χ3v) is 6.44. The Bertz CT molecular complexity index is 979. The zero-order valence-corrected chi connectivity index (χ0v) is 16.9. The molecular weight excluding hydrogens is 411 g/mol. The first-order valence-electron chi connectivity index (χ1n) is 8.35. The number of nitrogens with one attached hydrogen (secondary N) is 1. The highest BCUT2D eigenvalue weighted by Crippen LogP contribution is 2.30. The molecule has 1 saturated heterocycles. The molecule has 1 heterocycles. The van der Waals surface area contributed by atoms with E-state index < -0.39 is 15.9 Å². The van der Waals surface area contributed by atoms with Gasteiger partial charge < -0.3 is 10.1 Å². The fraction of sp³-hybridized carbons (Fsp3) is 0.278. The average Bonchev–Trinajstić information content (AvgIpc) is 2.94. The summed E-state index contributed by atoms with van der Waals surface area (Å²) in [5.74, 6) is 0.159. The molecule has 0 bridgehead atoms. The van der Waals surface area contributed by atoms with Gasteiger partial charge in [0.15, 0.2) is 0 Å². The van der Waals surface area contributed by atoms with Crippen molar-refractivity contribution in [1.29, 1.82) is 0 Å². The number of hydrogen-bond donors (Lipinski definition) is 1. The Morgan fingerprint density at radius 3 is 2.67 bits per heavy atom. The summed E-state index contributed by atoms with van der Waals surface area (Å²) in [6.45, 7) is 2.69. The quantitative estimate of drug-likeness (QED) is 0.774. The van der Waals surface area contributed by atoms with Crippen LogP contribution in [0.5, 0.6) is 5.75 Å². The Morgan fingerprint density at radius 2 is 2.00 bits per heavy atom. The van der Waals surface area contributed by atoms with Crippen LogP contribution in [0.2, 0.25) is 10.0 Å². The first-order chi connectivity index (χ1) is 12.8. The molecule has 1 aliphatic rings. The predicted molar refractivity (Wildman–Crippen MR) is 108 cm³/mol. The summed E-state index contributed by atoms with van der Waals surface area (Å²) in [6.07, 6.45) is 0.551. The fourth-order valence-electron chi connectivity index (χ4n) is 2.86. The van der Waals surface area contributed by atoms with E-state index >= 15 is 0 Å². The van der Waals surface area contributed by atoms with Gasteiger partial charge in [-0.05, 0) is 43.7 Å². The molecule has 2 aromatic rings. The molecule has 0 atom stereocenters.